The molecule has 15 heteroatoms. The van der Waals surface area contributed by atoms with Crippen LogP contribution in [0.2, 0.25) is 0 Å². The molecular formula is C43H45FN8O5S. The van der Waals surface area contributed by atoms with E-state index in [1.165, 1.54) is 7.11 Å². The molecule has 4 atom stereocenters. The van der Waals surface area contributed by atoms with Crippen molar-refractivity contribution in [2.45, 2.75) is 69.8 Å². The Balaban J connectivity index is 0.973. The summed E-state index contributed by atoms with van der Waals surface area (Å²) in [6, 6.07) is 15.0. The molecule has 4 N–H and O–H groups in total. The Labute approximate surface area is 338 Å². The first-order valence-corrected chi connectivity index (χ1v) is 20.9. The normalized spacial score (nSPS) is 21.2. The second kappa shape index (κ2) is 15.0. The molecule has 4 aliphatic rings. The first-order chi connectivity index (χ1) is 28.3. The predicted octanol–water partition coefficient (Wildman–Crippen LogP) is 7.78. The quantitative estimate of drug-likeness (QED) is 0.122. The molecule has 0 aliphatic carbocycles. The van der Waals surface area contributed by atoms with Crippen LogP contribution in [0.25, 0.3) is 44.7 Å². The number of aryl methyl sites for hydroxylation is 1. The number of nitrogens with one attached hydrogen (secondary N) is 4. The smallest absolute Gasteiger partial charge is 0.407 e. The van der Waals surface area contributed by atoms with Crippen LogP contribution in [-0.2, 0) is 14.3 Å². The summed E-state index contributed by atoms with van der Waals surface area (Å²) in [6.07, 6.45) is 7.49. The molecular weight excluding hydrogens is 760 g/mol. The minimum Gasteiger partial charge on any atom is -0.464 e. The van der Waals surface area contributed by atoms with Crippen LogP contribution in [0.1, 0.15) is 78.2 Å². The summed E-state index contributed by atoms with van der Waals surface area (Å²) in [5.41, 5.74) is 5.20. The molecule has 4 aliphatic heterocycles. The van der Waals surface area contributed by atoms with Gasteiger partial charge in [0, 0.05) is 41.1 Å². The maximum atomic E-state index is 16.5. The number of H-pyrrole nitrogens is 2. The van der Waals surface area contributed by atoms with Crippen molar-refractivity contribution in [2.75, 3.05) is 33.4 Å². The van der Waals surface area contributed by atoms with Crippen LogP contribution in [0, 0.1) is 18.7 Å². The summed E-state index contributed by atoms with van der Waals surface area (Å²) >= 11 is 1.66. The van der Waals surface area contributed by atoms with Crippen LogP contribution in [0.4, 0.5) is 9.18 Å². The third-order valence-corrected chi connectivity index (χ3v) is 13.2. The molecule has 0 saturated carbocycles. The van der Waals surface area contributed by atoms with Gasteiger partial charge in [-0.15, -0.1) is 11.3 Å². The lowest BCUT2D eigenvalue weighted by Gasteiger charge is -2.34. The Morgan fingerprint density at radius 1 is 0.966 bits per heavy atom. The number of nitrogens with zero attached hydrogens (tertiary/aromatic N) is 4. The fraction of sp³-hybridized carbons (Fsp3) is 0.395. The lowest BCUT2D eigenvalue weighted by Crippen LogP contribution is -2.53. The summed E-state index contributed by atoms with van der Waals surface area (Å²) < 4.78 is 35.8. The van der Waals surface area contributed by atoms with Gasteiger partial charge in [0.15, 0.2) is 0 Å². The monoisotopic (exact) mass is 804 g/mol. The highest BCUT2D eigenvalue weighted by molar-refractivity contribution is 7.12. The first-order valence-electron chi connectivity index (χ1n) is 20.1. The minimum absolute atomic E-state index is 0.0476. The number of fused-ring (bicyclic) bond motifs is 5. The number of aromatic nitrogens is 5. The van der Waals surface area contributed by atoms with Crippen molar-refractivity contribution in [3.05, 3.63) is 88.1 Å². The van der Waals surface area contributed by atoms with Gasteiger partial charge in [0.1, 0.15) is 29.3 Å². The highest BCUT2D eigenvalue weighted by Crippen LogP contribution is 2.48. The number of ether oxygens (including phenoxy) is 3. The van der Waals surface area contributed by atoms with Crippen molar-refractivity contribution in [2.24, 2.45) is 5.92 Å². The molecule has 2 amide bonds. The summed E-state index contributed by atoms with van der Waals surface area (Å²) in [7, 11) is 1.31. The van der Waals surface area contributed by atoms with Gasteiger partial charge < -0.3 is 39.7 Å². The van der Waals surface area contributed by atoms with Crippen LogP contribution in [-0.4, -0.2) is 80.9 Å². The number of carbonyl (C=O) groups excluding carboxylic acids is 2. The standard InChI is InChI=1S/C43H45FN8O5S/c1-23-7-10-36(58-23)42-52-32-9-8-25(30-21-47-40(49-30)33-6-4-14-51(33)41(53)38(50-43(54)55-2)24-11-15-56-16-12-24)17-27(32)19-34(52)37-28(44)18-26(20-35(37)57-42)31-22-46-39(48-31)29-5-3-13-45-29/h7-10,17-22,24,29,33,38,42,45H,3-6,11-16H2,1-2H3,(H,46,48)(H,47,49)(H,50,54). The predicted molar refractivity (Wildman–Crippen MR) is 217 cm³/mol. The number of hydrogen-bond acceptors (Lipinski definition) is 9. The minimum atomic E-state index is -0.709. The van der Waals surface area contributed by atoms with Crippen molar-refractivity contribution < 1.29 is 28.2 Å². The molecule has 3 fully saturated rings. The molecule has 0 spiro atoms. The van der Waals surface area contributed by atoms with E-state index < -0.39 is 18.4 Å². The number of methoxy groups -OCH3 is 1. The Bertz CT molecular complexity index is 2510. The number of hydrogen-bond donors (Lipinski definition) is 4. The van der Waals surface area contributed by atoms with Gasteiger partial charge >= 0.3 is 6.09 Å². The van der Waals surface area contributed by atoms with Crippen molar-refractivity contribution in [3.63, 3.8) is 0 Å². The number of imidazole rings is 2. The lowest BCUT2D eigenvalue weighted by atomic mass is 9.90. The van der Waals surface area contributed by atoms with Gasteiger partial charge in [-0.1, -0.05) is 6.07 Å². The Morgan fingerprint density at radius 2 is 1.78 bits per heavy atom. The van der Waals surface area contributed by atoms with Crippen molar-refractivity contribution >= 4 is 34.2 Å². The highest BCUT2D eigenvalue weighted by atomic mass is 32.1. The number of halogens is 1. The zero-order valence-corrected chi connectivity index (χ0v) is 33.2. The lowest BCUT2D eigenvalue weighted by molar-refractivity contribution is -0.136. The van der Waals surface area contributed by atoms with Crippen LogP contribution in [0.3, 0.4) is 0 Å². The van der Waals surface area contributed by atoms with E-state index in [-0.39, 0.29) is 29.7 Å². The number of thiophene rings is 1. The van der Waals surface area contributed by atoms with Gasteiger partial charge in [-0.25, -0.2) is 19.2 Å². The molecule has 13 nitrogen and oxygen atoms in total. The topological polar surface area (TPSA) is 151 Å². The molecule has 6 aromatic rings. The van der Waals surface area contributed by atoms with Crippen LogP contribution >= 0.6 is 11.3 Å². The zero-order valence-electron chi connectivity index (χ0n) is 32.3. The summed E-state index contributed by atoms with van der Waals surface area (Å²) in [5, 5.41) is 7.22. The van der Waals surface area contributed by atoms with E-state index in [9.17, 15) is 9.59 Å². The second-order valence-electron chi connectivity index (χ2n) is 15.7. The number of alkyl carbamates (subject to hydrolysis) is 1. The van der Waals surface area contributed by atoms with Crippen molar-refractivity contribution in [1.29, 1.82) is 0 Å². The number of benzene rings is 2. The van der Waals surface area contributed by atoms with E-state index in [0.717, 1.165) is 81.4 Å². The molecule has 58 heavy (non-hydrogen) atoms. The Hall–Kier alpha value is -5.51. The van der Waals surface area contributed by atoms with E-state index in [0.29, 0.717) is 55.3 Å². The third-order valence-electron chi connectivity index (χ3n) is 12.1. The fourth-order valence-corrected chi connectivity index (χ4v) is 10.1. The summed E-state index contributed by atoms with van der Waals surface area (Å²) in [5.74, 6) is 1.48. The van der Waals surface area contributed by atoms with E-state index in [2.05, 4.69) is 55.3 Å². The zero-order chi connectivity index (χ0) is 39.5. The number of rotatable bonds is 8. The molecule has 2 aromatic carbocycles. The van der Waals surface area contributed by atoms with Gasteiger partial charge in [-0.05, 0) is 100 Å². The summed E-state index contributed by atoms with van der Waals surface area (Å²) in [4.78, 5) is 46.8. The maximum absolute atomic E-state index is 16.5. The molecule has 3 saturated heterocycles. The van der Waals surface area contributed by atoms with Crippen LogP contribution in [0.5, 0.6) is 5.75 Å². The van der Waals surface area contributed by atoms with E-state index in [1.807, 2.05) is 29.2 Å². The number of aromatic amines is 2. The van der Waals surface area contributed by atoms with E-state index >= 15 is 4.39 Å². The maximum Gasteiger partial charge on any atom is 0.407 e. The Kier molecular flexibility index (Phi) is 9.53. The number of amides is 2. The van der Waals surface area contributed by atoms with Gasteiger partial charge in [0.2, 0.25) is 12.1 Å². The molecule has 4 unspecified atom stereocenters. The number of carbonyl (C=O) groups is 2. The fourth-order valence-electron chi connectivity index (χ4n) is 9.21. The van der Waals surface area contributed by atoms with Crippen molar-refractivity contribution in [3.8, 4) is 39.5 Å². The van der Waals surface area contributed by atoms with Crippen LogP contribution in [0.15, 0.2) is 60.9 Å². The van der Waals surface area contributed by atoms with E-state index in [4.69, 9.17) is 19.2 Å². The summed E-state index contributed by atoms with van der Waals surface area (Å²) in [6.45, 7) is 4.70. The van der Waals surface area contributed by atoms with Gasteiger partial charge in [-0.3, -0.25) is 9.36 Å². The average molecular weight is 805 g/mol. The molecule has 10 rings (SSSR count). The highest BCUT2D eigenvalue weighted by Gasteiger charge is 2.40. The van der Waals surface area contributed by atoms with Gasteiger partial charge in [-0.2, -0.15) is 0 Å². The van der Waals surface area contributed by atoms with Gasteiger partial charge in [0.05, 0.1) is 64.6 Å². The first kappa shape index (κ1) is 36.8. The largest absolute Gasteiger partial charge is 0.464 e. The molecule has 300 valence electrons. The molecule has 4 aromatic heterocycles. The third kappa shape index (κ3) is 6.54. The van der Waals surface area contributed by atoms with Gasteiger partial charge in [0.25, 0.3) is 0 Å². The van der Waals surface area contributed by atoms with Crippen LogP contribution < -0.4 is 15.4 Å². The molecule has 0 bridgehead atoms. The molecule has 0 radical (unpaired) electrons. The SMILES string of the molecule is COC(=O)NC(C(=O)N1CCCC1c1ncc(-c2ccc3c(c2)cc2n3C(c3ccc(C)s3)Oc3cc(-c4cnc(C5CCCN5)[nH]4)cc(F)c3-2)[nH]1)C1CCOCC1. The number of likely N-dealkylation sites (tertiary alicyclic amines) is 1. The van der Waals surface area contributed by atoms with E-state index in [1.54, 1.807) is 29.8 Å². The molecule has 8 heterocycles. The van der Waals surface area contributed by atoms with Crippen molar-refractivity contribution in [1.82, 2.24) is 40.0 Å². The Morgan fingerprint density at radius 3 is 2.55 bits per heavy atom. The second-order valence-corrected chi connectivity index (χ2v) is 17.0. The average Bonchev–Trinajstić information content (AvgIpc) is 4.10.